The molecular weight excluding hydrogens is 669 g/mol. The van der Waals surface area contributed by atoms with Crippen LogP contribution in [0.4, 0.5) is 0 Å². The van der Waals surface area contributed by atoms with E-state index in [9.17, 15) is 0 Å². The fourth-order valence-corrected chi connectivity index (χ4v) is 21.0. The summed E-state index contributed by atoms with van der Waals surface area (Å²) in [4.78, 5) is 0. The van der Waals surface area contributed by atoms with Crippen molar-refractivity contribution >= 4 is 57.6 Å². The number of hydrogen-bond acceptors (Lipinski definition) is 0. The highest BCUT2D eigenvalue weighted by atomic mass is 28.3. The van der Waals surface area contributed by atoms with Gasteiger partial charge in [0.15, 0.2) is 16.1 Å². The quantitative estimate of drug-likeness (QED) is 0.203. The Balaban J connectivity index is 1.18. The SMILES string of the molecule is c1ccc([Si]2(c3ccc4c(c3)-c3cc([Si]5(c6ccccc6)c6ccccc6Cc6ccccc65)ccc3C4)c3ccccc3Cc3ccccc32)cc1. The van der Waals surface area contributed by atoms with E-state index >= 15 is 0 Å². The van der Waals surface area contributed by atoms with Gasteiger partial charge in [-0.2, -0.15) is 0 Å². The first kappa shape index (κ1) is 30.8. The van der Waals surface area contributed by atoms with Gasteiger partial charge >= 0.3 is 0 Å². The van der Waals surface area contributed by atoms with Gasteiger partial charge in [0, 0.05) is 0 Å². The highest BCUT2D eigenvalue weighted by molar-refractivity contribution is 7.21. The summed E-state index contributed by atoms with van der Waals surface area (Å²) in [6, 6.07) is 75.3. The van der Waals surface area contributed by atoms with Gasteiger partial charge in [0.1, 0.15) is 0 Å². The number of fused-ring (bicyclic) bond motifs is 7. The molecule has 0 atom stereocenters. The van der Waals surface area contributed by atoms with Crippen molar-refractivity contribution in [3.8, 4) is 11.1 Å². The van der Waals surface area contributed by atoms with Crippen LogP contribution in [-0.2, 0) is 19.3 Å². The van der Waals surface area contributed by atoms with Crippen LogP contribution in [0.25, 0.3) is 11.1 Å². The standard InChI is InChI=1S/C51H38Si2/c1-3-19-42(20-4-1)52(48-23-11-7-15-38(48)32-39-16-8-12-24-49(39)52)44-29-27-36-31-37-28-30-45(35-47(37)46(36)34-44)53(43-21-5-2-6-22-43)50-25-13-9-17-40(50)33-41-18-10-14-26-51(41)53/h1-30,34-35H,31-33H2. The summed E-state index contributed by atoms with van der Waals surface area (Å²) >= 11 is 0. The fourth-order valence-electron chi connectivity index (χ4n) is 10.4. The van der Waals surface area contributed by atoms with Gasteiger partial charge in [-0.15, -0.1) is 0 Å². The summed E-state index contributed by atoms with van der Waals surface area (Å²) in [5, 5.41) is 12.0. The average Bonchev–Trinajstić information content (AvgIpc) is 3.60. The molecule has 2 heterocycles. The van der Waals surface area contributed by atoms with Crippen LogP contribution in [0.1, 0.15) is 33.4 Å². The van der Waals surface area contributed by atoms with Crippen molar-refractivity contribution in [1.29, 1.82) is 0 Å². The minimum Gasteiger partial charge on any atom is -0.0623 e. The van der Waals surface area contributed by atoms with Crippen molar-refractivity contribution in [2.75, 3.05) is 0 Å². The van der Waals surface area contributed by atoms with Crippen molar-refractivity contribution in [1.82, 2.24) is 0 Å². The molecule has 0 amide bonds. The van der Waals surface area contributed by atoms with Gasteiger partial charge in [0.25, 0.3) is 0 Å². The maximum Gasteiger partial charge on any atom is 0.180 e. The van der Waals surface area contributed by atoms with E-state index in [-0.39, 0.29) is 0 Å². The van der Waals surface area contributed by atoms with Gasteiger partial charge in [0.2, 0.25) is 0 Å². The number of rotatable bonds is 4. The van der Waals surface area contributed by atoms with Gasteiger partial charge in [-0.05, 0) is 105 Å². The third kappa shape index (κ3) is 4.34. The Morgan fingerprint density at radius 1 is 0.245 bits per heavy atom. The molecule has 0 nitrogen and oxygen atoms in total. The van der Waals surface area contributed by atoms with Gasteiger partial charge < -0.3 is 0 Å². The minimum absolute atomic E-state index is 0.978. The summed E-state index contributed by atoms with van der Waals surface area (Å²) in [7, 11) is -5.28. The van der Waals surface area contributed by atoms with Gasteiger partial charge in [0.05, 0.1) is 0 Å². The van der Waals surface area contributed by atoms with Crippen molar-refractivity contribution in [2.24, 2.45) is 0 Å². The summed E-state index contributed by atoms with van der Waals surface area (Å²) in [6.45, 7) is 0. The monoisotopic (exact) mass is 706 g/mol. The van der Waals surface area contributed by atoms with Gasteiger partial charge in [-0.25, -0.2) is 0 Å². The molecule has 3 aliphatic rings. The van der Waals surface area contributed by atoms with E-state index in [1.807, 2.05) is 0 Å². The van der Waals surface area contributed by atoms with E-state index in [1.54, 1.807) is 0 Å². The van der Waals surface area contributed by atoms with Crippen molar-refractivity contribution in [2.45, 2.75) is 19.3 Å². The smallest absolute Gasteiger partial charge is 0.0623 e. The Hall–Kier alpha value is -5.81. The molecule has 11 rings (SSSR count). The number of hydrogen-bond donors (Lipinski definition) is 0. The lowest BCUT2D eigenvalue weighted by Crippen LogP contribution is -2.77. The topological polar surface area (TPSA) is 0 Å². The molecule has 0 bridgehead atoms. The van der Waals surface area contributed by atoms with E-state index in [0.29, 0.717) is 0 Å². The average molecular weight is 707 g/mol. The molecule has 2 heteroatoms. The molecule has 8 aromatic rings. The molecule has 8 aromatic carbocycles. The molecule has 0 N–H and O–H groups in total. The third-order valence-corrected chi connectivity index (χ3v) is 22.6. The Morgan fingerprint density at radius 2 is 0.547 bits per heavy atom. The van der Waals surface area contributed by atoms with E-state index in [1.165, 1.54) is 86.0 Å². The zero-order valence-electron chi connectivity index (χ0n) is 29.6. The minimum atomic E-state index is -2.64. The molecule has 250 valence electrons. The first-order valence-corrected chi connectivity index (χ1v) is 23.0. The third-order valence-electron chi connectivity index (χ3n) is 12.6. The maximum atomic E-state index is 2.63. The molecule has 0 saturated carbocycles. The van der Waals surface area contributed by atoms with E-state index in [2.05, 4.69) is 194 Å². The molecule has 1 aliphatic carbocycles. The predicted molar refractivity (Wildman–Crippen MR) is 228 cm³/mol. The second-order valence-corrected chi connectivity index (χ2v) is 22.6. The second kappa shape index (κ2) is 11.9. The molecule has 53 heavy (non-hydrogen) atoms. The molecule has 2 aliphatic heterocycles. The lowest BCUT2D eigenvalue weighted by Gasteiger charge is -2.41. The predicted octanol–water partition coefficient (Wildman–Crippen LogP) is 5.82. The Kier molecular flexibility index (Phi) is 6.89. The van der Waals surface area contributed by atoms with Crippen LogP contribution < -0.4 is 41.5 Å². The van der Waals surface area contributed by atoms with Crippen LogP contribution in [0.5, 0.6) is 0 Å². The Bertz CT molecular complexity index is 2430. The van der Waals surface area contributed by atoms with Crippen LogP contribution in [0, 0.1) is 0 Å². The van der Waals surface area contributed by atoms with E-state index in [4.69, 9.17) is 0 Å². The fraction of sp³-hybridized carbons (Fsp3) is 0.0588. The Morgan fingerprint density at radius 3 is 0.906 bits per heavy atom. The zero-order chi connectivity index (χ0) is 35.0. The van der Waals surface area contributed by atoms with Crippen LogP contribution >= 0.6 is 0 Å². The molecular formula is C51H38Si2. The number of benzene rings is 8. The molecule has 0 saturated heterocycles. The van der Waals surface area contributed by atoms with Crippen molar-refractivity contribution in [3.05, 3.63) is 228 Å². The maximum absolute atomic E-state index is 2.64. The highest BCUT2D eigenvalue weighted by Crippen LogP contribution is 2.37. The summed E-state index contributed by atoms with van der Waals surface area (Å²) < 4.78 is 0. The second-order valence-electron chi connectivity index (χ2n) is 15.1. The van der Waals surface area contributed by atoms with Crippen LogP contribution in [0.3, 0.4) is 0 Å². The van der Waals surface area contributed by atoms with Crippen LogP contribution in [0.15, 0.2) is 194 Å². The van der Waals surface area contributed by atoms with Crippen LogP contribution in [-0.4, -0.2) is 16.1 Å². The van der Waals surface area contributed by atoms with Crippen molar-refractivity contribution < 1.29 is 0 Å². The molecule has 0 fully saturated rings. The zero-order valence-corrected chi connectivity index (χ0v) is 31.6. The molecule has 0 aromatic heterocycles. The largest absolute Gasteiger partial charge is 0.180 e. The first-order chi connectivity index (χ1) is 26.3. The Labute approximate surface area is 314 Å². The normalized spacial score (nSPS) is 15.2. The lowest BCUT2D eigenvalue weighted by molar-refractivity contribution is 1.20. The molecule has 0 spiro atoms. The van der Waals surface area contributed by atoms with Gasteiger partial charge in [-0.3, -0.25) is 0 Å². The van der Waals surface area contributed by atoms with E-state index < -0.39 is 16.1 Å². The highest BCUT2D eigenvalue weighted by Gasteiger charge is 2.48. The summed E-state index contributed by atoms with van der Waals surface area (Å²) in [5.41, 5.74) is 11.6. The molecule has 0 unspecified atom stereocenters. The van der Waals surface area contributed by atoms with Crippen LogP contribution in [0.2, 0.25) is 0 Å². The molecule has 0 radical (unpaired) electrons. The van der Waals surface area contributed by atoms with Gasteiger partial charge in [-0.1, -0.05) is 194 Å². The summed E-state index contributed by atoms with van der Waals surface area (Å²) in [5.74, 6) is 0. The first-order valence-electron chi connectivity index (χ1n) is 19.0. The van der Waals surface area contributed by atoms with E-state index in [0.717, 1.165) is 19.3 Å². The summed E-state index contributed by atoms with van der Waals surface area (Å²) in [6.07, 6.45) is 2.95. The van der Waals surface area contributed by atoms with Crippen molar-refractivity contribution in [3.63, 3.8) is 0 Å². The lowest BCUT2D eigenvalue weighted by atomic mass is 10.0.